The van der Waals surface area contributed by atoms with Gasteiger partial charge in [-0.2, -0.15) is 0 Å². The van der Waals surface area contributed by atoms with E-state index in [4.69, 9.17) is 0 Å². The minimum Gasteiger partial charge on any atom is -0.260 e. The fourth-order valence-electron chi connectivity index (χ4n) is 0.829. The number of hydrogen-bond donors (Lipinski definition) is 1. The van der Waals surface area contributed by atoms with Gasteiger partial charge in [-0.25, -0.2) is 8.78 Å². The fourth-order valence-corrected chi connectivity index (χ4v) is 1.18. The van der Waals surface area contributed by atoms with Crippen LogP contribution < -0.4 is 0 Å². The monoisotopic (exact) mass is 175 g/mol. The highest BCUT2D eigenvalue weighted by Crippen LogP contribution is 2.25. The summed E-state index contributed by atoms with van der Waals surface area (Å²) in [5.41, 5.74) is -0.0247. The molecular weight excluding hydrogens is 168 g/mol. The van der Waals surface area contributed by atoms with Gasteiger partial charge < -0.3 is 0 Å². The first-order valence-electron chi connectivity index (χ1n) is 3.09. The highest BCUT2D eigenvalue weighted by atomic mass is 32.1. The molecule has 1 unspecified atom stereocenters. The van der Waals surface area contributed by atoms with Crippen LogP contribution in [0.25, 0.3) is 0 Å². The van der Waals surface area contributed by atoms with E-state index in [2.05, 4.69) is 17.6 Å². The van der Waals surface area contributed by atoms with E-state index >= 15 is 0 Å². The molecule has 0 aliphatic rings. The molecule has 0 spiro atoms. The fraction of sp³-hybridized carbons (Fsp3) is 0.286. The van der Waals surface area contributed by atoms with Crippen molar-refractivity contribution in [3.05, 3.63) is 23.8 Å². The predicted molar refractivity (Wildman–Crippen MR) is 41.0 cm³/mol. The largest absolute Gasteiger partial charge is 0.260 e. The smallest absolute Gasteiger partial charge is 0.148 e. The Labute approximate surface area is 68.9 Å². The van der Waals surface area contributed by atoms with Crippen LogP contribution in [0.5, 0.6) is 0 Å². The molecule has 0 radical (unpaired) electrons. The Morgan fingerprint density at radius 3 is 2.55 bits per heavy atom. The van der Waals surface area contributed by atoms with Gasteiger partial charge in [-0.1, -0.05) is 0 Å². The Kier molecular flexibility index (Phi) is 2.44. The van der Waals surface area contributed by atoms with Crippen LogP contribution in [0.2, 0.25) is 0 Å². The molecule has 60 valence electrons. The number of pyridine rings is 1. The summed E-state index contributed by atoms with van der Waals surface area (Å²) in [5.74, 6) is -0.646. The summed E-state index contributed by atoms with van der Waals surface area (Å²) in [6.45, 7) is 1.26. The molecule has 11 heavy (non-hydrogen) atoms. The molecule has 4 heteroatoms. The predicted octanol–water partition coefficient (Wildman–Crippen LogP) is 2.54. The molecule has 1 aromatic rings. The molecule has 0 aromatic carbocycles. The lowest BCUT2D eigenvalue weighted by atomic mass is 10.2. The van der Waals surface area contributed by atoms with Crippen LogP contribution in [-0.2, 0) is 0 Å². The second-order valence-corrected chi connectivity index (χ2v) is 2.65. The first kappa shape index (κ1) is 8.46. The van der Waals surface area contributed by atoms with Crippen molar-refractivity contribution in [3.63, 3.8) is 0 Å². The van der Waals surface area contributed by atoms with Gasteiger partial charge in [0.15, 0.2) is 0 Å². The van der Waals surface area contributed by atoms with Gasteiger partial charge in [0.1, 0.15) is 12.0 Å². The van der Waals surface area contributed by atoms with E-state index in [1.165, 1.54) is 13.1 Å². The second-order valence-electron chi connectivity index (χ2n) is 2.17. The SMILES string of the molecule is CC(F)c1c(F)cncc1S. The molecule has 0 aliphatic carbocycles. The molecule has 1 rings (SSSR count). The Morgan fingerprint density at radius 2 is 2.18 bits per heavy atom. The van der Waals surface area contributed by atoms with Crippen molar-refractivity contribution in [1.29, 1.82) is 0 Å². The van der Waals surface area contributed by atoms with Gasteiger partial charge in [-0.3, -0.25) is 4.98 Å². The Balaban J connectivity index is 3.21. The lowest BCUT2D eigenvalue weighted by Gasteiger charge is -2.05. The van der Waals surface area contributed by atoms with Crippen LogP contribution in [0, 0.1) is 5.82 Å². The van der Waals surface area contributed by atoms with E-state index in [0.717, 1.165) is 6.20 Å². The molecular formula is C7H7F2NS. The number of thiol groups is 1. The summed E-state index contributed by atoms with van der Waals surface area (Å²) in [7, 11) is 0. The third-order valence-electron chi connectivity index (χ3n) is 1.32. The van der Waals surface area contributed by atoms with Crippen LogP contribution >= 0.6 is 12.6 Å². The van der Waals surface area contributed by atoms with Gasteiger partial charge in [0.2, 0.25) is 0 Å². The molecule has 0 saturated heterocycles. The molecule has 0 amide bonds. The first-order chi connectivity index (χ1) is 5.13. The number of alkyl halides is 1. The third kappa shape index (κ3) is 1.68. The van der Waals surface area contributed by atoms with E-state index in [1.54, 1.807) is 0 Å². The number of nitrogens with zero attached hydrogens (tertiary/aromatic N) is 1. The maximum Gasteiger partial charge on any atom is 0.148 e. The third-order valence-corrected chi connectivity index (χ3v) is 1.67. The molecule has 1 heterocycles. The molecule has 1 atom stereocenters. The van der Waals surface area contributed by atoms with E-state index in [-0.39, 0.29) is 10.5 Å². The maximum atomic E-state index is 12.7. The van der Waals surface area contributed by atoms with Gasteiger partial charge in [-0.05, 0) is 6.92 Å². The van der Waals surface area contributed by atoms with Gasteiger partial charge in [0.25, 0.3) is 0 Å². The average Bonchev–Trinajstić information content (AvgIpc) is 1.85. The van der Waals surface area contributed by atoms with Gasteiger partial charge in [0, 0.05) is 16.7 Å². The van der Waals surface area contributed by atoms with Crippen molar-refractivity contribution in [1.82, 2.24) is 4.98 Å². The van der Waals surface area contributed by atoms with Gasteiger partial charge in [0.05, 0.1) is 6.20 Å². The minimum atomic E-state index is -1.34. The highest BCUT2D eigenvalue weighted by Gasteiger charge is 2.12. The van der Waals surface area contributed by atoms with E-state index < -0.39 is 12.0 Å². The number of halogens is 2. The van der Waals surface area contributed by atoms with Crippen molar-refractivity contribution in [3.8, 4) is 0 Å². The number of rotatable bonds is 1. The van der Waals surface area contributed by atoms with Crippen molar-refractivity contribution in [2.45, 2.75) is 18.0 Å². The molecule has 1 aromatic heterocycles. The summed E-state index contributed by atoms with van der Waals surface area (Å²) in [4.78, 5) is 3.76. The van der Waals surface area contributed by atoms with Crippen molar-refractivity contribution < 1.29 is 8.78 Å². The van der Waals surface area contributed by atoms with Crippen molar-refractivity contribution in [2.24, 2.45) is 0 Å². The van der Waals surface area contributed by atoms with E-state index in [0.29, 0.717) is 0 Å². The molecule has 1 nitrogen and oxygen atoms in total. The zero-order valence-corrected chi connectivity index (χ0v) is 6.78. The summed E-state index contributed by atoms with van der Waals surface area (Å²) in [6, 6.07) is 0. The van der Waals surface area contributed by atoms with Crippen LogP contribution in [0.4, 0.5) is 8.78 Å². The van der Waals surface area contributed by atoms with E-state index in [9.17, 15) is 8.78 Å². The second kappa shape index (κ2) is 3.17. The number of hydrogen-bond acceptors (Lipinski definition) is 2. The lowest BCUT2D eigenvalue weighted by molar-refractivity contribution is 0.355. The lowest BCUT2D eigenvalue weighted by Crippen LogP contribution is -1.94. The molecule has 0 bridgehead atoms. The summed E-state index contributed by atoms with van der Waals surface area (Å²) in [6.07, 6.45) is 0.952. The number of aromatic nitrogens is 1. The standard InChI is InChI=1S/C7H7F2NS/c1-4(8)7-5(9)2-10-3-6(7)11/h2-4,11H,1H3. The Morgan fingerprint density at radius 1 is 1.55 bits per heavy atom. The topological polar surface area (TPSA) is 12.9 Å². The molecule has 0 saturated carbocycles. The summed E-state index contributed by atoms with van der Waals surface area (Å²) >= 11 is 3.86. The van der Waals surface area contributed by atoms with Gasteiger partial charge in [-0.15, -0.1) is 12.6 Å². The van der Waals surface area contributed by atoms with Crippen molar-refractivity contribution in [2.75, 3.05) is 0 Å². The summed E-state index contributed by atoms with van der Waals surface area (Å²) < 4.78 is 25.4. The van der Waals surface area contributed by atoms with Crippen molar-refractivity contribution >= 4 is 12.6 Å². The van der Waals surface area contributed by atoms with Crippen LogP contribution in [0.3, 0.4) is 0 Å². The summed E-state index contributed by atoms with van der Waals surface area (Å²) in [5, 5.41) is 0. The maximum absolute atomic E-state index is 12.7. The van der Waals surface area contributed by atoms with Gasteiger partial charge >= 0.3 is 0 Å². The Hall–Kier alpha value is -0.640. The zero-order chi connectivity index (χ0) is 8.43. The van der Waals surface area contributed by atoms with Crippen LogP contribution in [0.15, 0.2) is 17.3 Å². The first-order valence-corrected chi connectivity index (χ1v) is 3.54. The normalized spacial score (nSPS) is 13.1. The van der Waals surface area contributed by atoms with E-state index in [1.807, 2.05) is 0 Å². The Bertz CT molecular complexity index is 242. The van der Waals surface area contributed by atoms with Crippen LogP contribution in [-0.4, -0.2) is 4.98 Å². The minimum absolute atomic E-state index is 0.0247. The molecule has 0 aliphatic heterocycles. The zero-order valence-electron chi connectivity index (χ0n) is 5.88. The highest BCUT2D eigenvalue weighted by molar-refractivity contribution is 7.80. The quantitative estimate of drug-likeness (QED) is 0.647. The molecule has 0 N–H and O–H groups in total. The average molecular weight is 175 g/mol. The molecule has 0 fully saturated rings. The van der Waals surface area contributed by atoms with Crippen LogP contribution in [0.1, 0.15) is 18.7 Å².